The van der Waals surface area contributed by atoms with Crippen LogP contribution in [0, 0.1) is 0 Å². The number of aromatic nitrogens is 4. The zero-order chi connectivity index (χ0) is 19.7. The van der Waals surface area contributed by atoms with Gasteiger partial charge in [-0.1, -0.05) is 0 Å². The molecule has 2 aromatic heterocycles. The Kier molecular flexibility index (Phi) is 2.83. The van der Waals surface area contributed by atoms with E-state index in [0.717, 1.165) is 22.4 Å². The van der Waals surface area contributed by atoms with Crippen molar-refractivity contribution in [3.05, 3.63) is 77.5 Å². The first kappa shape index (κ1) is 15.4. The largest absolute Gasteiger partial charge is 0.358 e. The molecule has 9 heteroatoms. The number of nitrogens with zero attached hydrogens (tertiary/aromatic N) is 7. The SMILES string of the molecule is c1cnc2c(c1)C1=Nc3nc(c4[nH]cccc3-4)N=C3N=C(NC2=N1)c1ncccc13. The van der Waals surface area contributed by atoms with Crippen molar-refractivity contribution in [2.45, 2.75) is 0 Å². The van der Waals surface area contributed by atoms with Crippen molar-refractivity contribution in [1.82, 2.24) is 25.3 Å². The average molecular weight is 389 g/mol. The van der Waals surface area contributed by atoms with E-state index in [4.69, 9.17) is 25.0 Å². The van der Waals surface area contributed by atoms with Crippen molar-refractivity contribution in [2.75, 3.05) is 0 Å². The molecule has 0 fully saturated rings. The van der Waals surface area contributed by atoms with Crippen molar-refractivity contribution in [1.29, 1.82) is 0 Å². The minimum Gasteiger partial charge on any atom is -0.358 e. The first-order valence-corrected chi connectivity index (χ1v) is 9.35. The zero-order valence-corrected chi connectivity index (χ0v) is 15.3. The number of pyridine rings is 3. The van der Waals surface area contributed by atoms with E-state index in [1.165, 1.54) is 0 Å². The lowest BCUT2D eigenvalue weighted by atomic mass is 10.2. The van der Waals surface area contributed by atoms with Crippen molar-refractivity contribution < 1.29 is 0 Å². The van der Waals surface area contributed by atoms with Gasteiger partial charge in [0.15, 0.2) is 35.0 Å². The Morgan fingerprint density at radius 2 is 1.27 bits per heavy atom. The van der Waals surface area contributed by atoms with Gasteiger partial charge in [-0.15, -0.1) is 0 Å². The summed E-state index contributed by atoms with van der Waals surface area (Å²) in [4.78, 5) is 35.9. The van der Waals surface area contributed by atoms with Gasteiger partial charge in [0.05, 0.1) is 5.69 Å². The second kappa shape index (κ2) is 5.51. The Morgan fingerprint density at radius 3 is 1.97 bits per heavy atom. The van der Waals surface area contributed by atoms with Crippen molar-refractivity contribution in [3.63, 3.8) is 0 Å². The molecule has 5 aliphatic rings. The summed E-state index contributed by atoms with van der Waals surface area (Å²) in [6.07, 6.45) is 5.30. The highest BCUT2D eigenvalue weighted by Gasteiger charge is 2.31. The van der Waals surface area contributed by atoms with Gasteiger partial charge in [-0.25, -0.2) is 25.0 Å². The minimum atomic E-state index is 0.522. The maximum absolute atomic E-state index is 4.77. The third kappa shape index (κ3) is 2.03. The summed E-state index contributed by atoms with van der Waals surface area (Å²) in [6, 6.07) is 11.5. The molecule has 0 saturated carbocycles. The summed E-state index contributed by atoms with van der Waals surface area (Å²) in [5, 5.41) is 3.29. The van der Waals surface area contributed by atoms with Crippen molar-refractivity contribution in [2.24, 2.45) is 20.0 Å². The number of hydrogen-bond acceptors (Lipinski definition) is 8. The molecule has 2 N–H and O–H groups in total. The molecule has 5 aliphatic heterocycles. The fourth-order valence-corrected chi connectivity index (χ4v) is 3.84. The van der Waals surface area contributed by atoms with Crippen LogP contribution in [0.5, 0.6) is 0 Å². The summed E-state index contributed by atoms with van der Waals surface area (Å²) in [5.41, 5.74) is 4.73. The minimum absolute atomic E-state index is 0.522. The van der Waals surface area contributed by atoms with Gasteiger partial charge in [0.2, 0.25) is 0 Å². The lowest BCUT2D eigenvalue weighted by molar-refractivity contribution is 1.22. The zero-order valence-electron chi connectivity index (χ0n) is 15.3. The Labute approximate surface area is 169 Å². The molecule has 0 aliphatic carbocycles. The predicted molar refractivity (Wildman–Crippen MR) is 112 cm³/mol. The first-order chi connectivity index (χ1) is 14.8. The van der Waals surface area contributed by atoms with E-state index >= 15 is 0 Å². The third-order valence-corrected chi connectivity index (χ3v) is 5.17. The van der Waals surface area contributed by atoms with Gasteiger partial charge in [0.1, 0.15) is 11.4 Å². The fraction of sp³-hybridized carbons (Fsp3) is 0. The Balaban J connectivity index is 1.58. The summed E-state index contributed by atoms with van der Waals surface area (Å²) in [6.45, 7) is 0. The van der Waals surface area contributed by atoms with Crippen LogP contribution >= 0.6 is 0 Å². The van der Waals surface area contributed by atoms with Crippen LogP contribution in [-0.4, -0.2) is 43.3 Å². The van der Waals surface area contributed by atoms with E-state index in [1.807, 2.05) is 42.6 Å². The second-order valence-electron chi connectivity index (χ2n) is 6.93. The van der Waals surface area contributed by atoms with E-state index in [-0.39, 0.29) is 0 Å². The van der Waals surface area contributed by atoms with E-state index in [1.54, 1.807) is 12.4 Å². The summed E-state index contributed by atoms with van der Waals surface area (Å²) in [7, 11) is 0. The predicted octanol–water partition coefficient (Wildman–Crippen LogP) is 2.58. The molecule has 7 heterocycles. The highest BCUT2D eigenvalue weighted by molar-refractivity contribution is 6.30. The lowest BCUT2D eigenvalue weighted by Gasteiger charge is -2.06. The Bertz CT molecular complexity index is 1360. The van der Waals surface area contributed by atoms with Gasteiger partial charge >= 0.3 is 0 Å². The number of nitrogens with one attached hydrogen (secondary N) is 2. The number of rotatable bonds is 0. The lowest BCUT2D eigenvalue weighted by Crippen LogP contribution is -2.31. The molecule has 0 saturated heterocycles. The molecule has 0 aromatic carbocycles. The standard InChI is InChI=1S/C21H11N9/c1-4-10-13(22-7-1)19-26-16(10)25-17-11-5-2-8-23-14(11)20(27-17)30-21-15-12(6-3-9-24-15)18(28-19)29-21/h1-9,22H,(H,25,26,27,28,29,30). The van der Waals surface area contributed by atoms with Crippen LogP contribution in [0.1, 0.15) is 22.5 Å². The summed E-state index contributed by atoms with van der Waals surface area (Å²) >= 11 is 0. The number of aromatic amines is 1. The first-order valence-electron chi connectivity index (χ1n) is 9.35. The second-order valence-corrected chi connectivity index (χ2v) is 6.93. The van der Waals surface area contributed by atoms with E-state index in [0.29, 0.717) is 46.4 Å². The van der Waals surface area contributed by atoms with Crippen LogP contribution in [-0.2, 0) is 0 Å². The van der Waals surface area contributed by atoms with Crippen LogP contribution in [0.4, 0.5) is 11.6 Å². The molecule has 0 unspecified atom stereocenters. The molecule has 140 valence electrons. The molecule has 0 radical (unpaired) electrons. The van der Waals surface area contributed by atoms with E-state index in [9.17, 15) is 0 Å². The molecule has 0 amide bonds. The van der Waals surface area contributed by atoms with Gasteiger partial charge in [-0.2, -0.15) is 0 Å². The molecule has 7 rings (SSSR count). The van der Waals surface area contributed by atoms with Gasteiger partial charge in [0.25, 0.3) is 0 Å². The number of H-pyrrole nitrogens is 1. The van der Waals surface area contributed by atoms with E-state index in [2.05, 4.69) is 20.3 Å². The molecule has 9 nitrogen and oxygen atoms in total. The van der Waals surface area contributed by atoms with Gasteiger partial charge in [-0.05, 0) is 36.4 Å². The maximum Gasteiger partial charge on any atom is 0.181 e. The molecular weight excluding hydrogens is 378 g/mol. The molecule has 30 heavy (non-hydrogen) atoms. The molecule has 2 aromatic rings. The van der Waals surface area contributed by atoms with Crippen molar-refractivity contribution >= 4 is 35.0 Å². The quantitative estimate of drug-likeness (QED) is 0.481. The van der Waals surface area contributed by atoms with Crippen LogP contribution in [0.25, 0.3) is 11.3 Å². The Morgan fingerprint density at radius 1 is 0.633 bits per heavy atom. The van der Waals surface area contributed by atoms with Gasteiger partial charge in [0, 0.05) is 35.3 Å². The average Bonchev–Trinajstić information content (AvgIpc) is 3.43. The molecular formula is C21H11N9. The van der Waals surface area contributed by atoms with E-state index < -0.39 is 0 Å². The molecule has 0 spiro atoms. The van der Waals surface area contributed by atoms with Crippen molar-refractivity contribution in [3.8, 4) is 11.3 Å². The maximum atomic E-state index is 4.77. The molecule has 6 bridgehead atoms. The summed E-state index contributed by atoms with van der Waals surface area (Å²) < 4.78 is 0. The topological polar surface area (TPSA) is 116 Å². The monoisotopic (exact) mass is 389 g/mol. The molecule has 0 atom stereocenters. The van der Waals surface area contributed by atoms with Gasteiger partial charge < -0.3 is 10.3 Å². The normalized spacial score (nSPS) is 15.7. The highest BCUT2D eigenvalue weighted by atomic mass is 15.2. The number of aliphatic imine (C=N–C) groups is 4. The van der Waals surface area contributed by atoms with Crippen LogP contribution in [0.3, 0.4) is 0 Å². The van der Waals surface area contributed by atoms with Gasteiger partial charge in [-0.3, -0.25) is 9.97 Å². The summed E-state index contributed by atoms with van der Waals surface area (Å²) in [5.74, 6) is 3.29. The highest BCUT2D eigenvalue weighted by Crippen LogP contribution is 2.39. The smallest absolute Gasteiger partial charge is 0.181 e. The fourth-order valence-electron chi connectivity index (χ4n) is 3.84. The van der Waals surface area contributed by atoms with Crippen LogP contribution < -0.4 is 5.32 Å². The number of amidine groups is 4. The van der Waals surface area contributed by atoms with Crippen LogP contribution in [0.15, 0.2) is 75.0 Å². The number of fused-ring (bicyclic) bond motifs is 13. The third-order valence-electron chi connectivity index (χ3n) is 5.17. The number of hydrogen-bond donors (Lipinski definition) is 2. The Hall–Kier alpha value is -4.53. The van der Waals surface area contributed by atoms with Crippen LogP contribution in [0.2, 0.25) is 0 Å².